The lowest BCUT2D eigenvalue weighted by molar-refractivity contribution is -0.141. The molecule has 1 atom stereocenters. The summed E-state index contributed by atoms with van der Waals surface area (Å²) in [7, 11) is 0. The largest absolute Gasteiger partial charge is 0.481 e. The van der Waals surface area contributed by atoms with Gasteiger partial charge in [-0.05, 0) is 24.1 Å². The Labute approximate surface area is 110 Å². The van der Waals surface area contributed by atoms with E-state index in [0.29, 0.717) is 22.6 Å². The number of aliphatic carboxylic acids is 1. The molecule has 0 amide bonds. The Morgan fingerprint density at radius 3 is 2.58 bits per heavy atom. The molecule has 19 heavy (non-hydrogen) atoms. The van der Waals surface area contributed by atoms with Crippen LogP contribution >= 0.6 is 0 Å². The Hall–Kier alpha value is -2.17. The molecule has 5 nitrogen and oxygen atoms in total. The number of aromatic nitrogens is 1. The Kier molecular flexibility index (Phi) is 3.38. The van der Waals surface area contributed by atoms with E-state index in [1.54, 1.807) is 39.0 Å². The summed E-state index contributed by atoms with van der Waals surface area (Å²) in [6, 6.07) is 4.79. The maximum atomic E-state index is 12.2. The van der Waals surface area contributed by atoms with Crippen molar-refractivity contribution in [3.8, 4) is 0 Å². The quantitative estimate of drug-likeness (QED) is 0.676. The first-order valence-corrected chi connectivity index (χ1v) is 6.04. The van der Waals surface area contributed by atoms with Gasteiger partial charge in [0, 0.05) is 12.5 Å². The van der Waals surface area contributed by atoms with E-state index < -0.39 is 17.7 Å². The van der Waals surface area contributed by atoms with Gasteiger partial charge in [-0.1, -0.05) is 13.8 Å². The van der Waals surface area contributed by atoms with E-state index in [4.69, 9.17) is 9.52 Å². The molecule has 0 aliphatic carbocycles. The molecular formula is C14H15NO4. The number of carbonyl (C=O) groups is 2. The lowest BCUT2D eigenvalue weighted by Gasteiger charge is -2.14. The van der Waals surface area contributed by atoms with Gasteiger partial charge < -0.3 is 9.52 Å². The number of ketones is 1. The zero-order valence-corrected chi connectivity index (χ0v) is 11.0. The van der Waals surface area contributed by atoms with Crippen LogP contribution in [0.2, 0.25) is 0 Å². The molecule has 2 rings (SSSR count). The monoisotopic (exact) mass is 261 g/mol. The molecule has 1 N–H and O–H groups in total. The van der Waals surface area contributed by atoms with Crippen LogP contribution in [-0.4, -0.2) is 21.8 Å². The van der Waals surface area contributed by atoms with Crippen molar-refractivity contribution in [2.24, 2.45) is 11.8 Å². The van der Waals surface area contributed by atoms with Gasteiger partial charge in [-0.15, -0.1) is 0 Å². The molecule has 100 valence electrons. The number of carboxylic acid groups (broad SMARTS) is 1. The maximum Gasteiger partial charge on any atom is 0.314 e. The molecular weight excluding hydrogens is 246 g/mol. The van der Waals surface area contributed by atoms with E-state index in [-0.39, 0.29) is 5.92 Å². The van der Waals surface area contributed by atoms with Gasteiger partial charge in [0.1, 0.15) is 11.4 Å². The van der Waals surface area contributed by atoms with Gasteiger partial charge >= 0.3 is 5.97 Å². The fraction of sp³-hybridized carbons (Fsp3) is 0.357. The maximum absolute atomic E-state index is 12.2. The van der Waals surface area contributed by atoms with E-state index in [1.807, 2.05) is 0 Å². The summed E-state index contributed by atoms with van der Waals surface area (Å²) in [5.74, 6) is -2.29. The minimum Gasteiger partial charge on any atom is -0.481 e. The van der Waals surface area contributed by atoms with E-state index in [0.717, 1.165) is 0 Å². The highest BCUT2D eigenvalue weighted by Gasteiger charge is 2.30. The number of carbonyl (C=O) groups excluding carboxylic acids is 1. The molecule has 2 aromatic rings. The zero-order valence-electron chi connectivity index (χ0n) is 11.0. The average molecular weight is 261 g/mol. The van der Waals surface area contributed by atoms with Gasteiger partial charge in [0.15, 0.2) is 17.3 Å². The van der Waals surface area contributed by atoms with Gasteiger partial charge in [-0.2, -0.15) is 0 Å². The number of rotatable bonds is 4. The summed E-state index contributed by atoms with van der Waals surface area (Å²) in [4.78, 5) is 27.5. The molecule has 5 heteroatoms. The summed E-state index contributed by atoms with van der Waals surface area (Å²) < 4.78 is 5.32. The topological polar surface area (TPSA) is 80.4 Å². The van der Waals surface area contributed by atoms with E-state index in [9.17, 15) is 9.59 Å². The molecule has 0 spiro atoms. The van der Waals surface area contributed by atoms with Gasteiger partial charge in [-0.25, -0.2) is 4.98 Å². The summed E-state index contributed by atoms with van der Waals surface area (Å²) >= 11 is 0. The van der Waals surface area contributed by atoms with Crippen molar-refractivity contribution in [2.75, 3.05) is 0 Å². The van der Waals surface area contributed by atoms with Crippen molar-refractivity contribution in [1.29, 1.82) is 0 Å². The van der Waals surface area contributed by atoms with Crippen molar-refractivity contribution in [3.05, 3.63) is 29.7 Å². The van der Waals surface area contributed by atoms with Crippen LogP contribution in [0.4, 0.5) is 0 Å². The van der Waals surface area contributed by atoms with Crippen molar-refractivity contribution >= 4 is 22.9 Å². The van der Waals surface area contributed by atoms with Crippen LogP contribution in [0.5, 0.6) is 0 Å². The van der Waals surface area contributed by atoms with Crippen molar-refractivity contribution in [3.63, 3.8) is 0 Å². The first-order valence-electron chi connectivity index (χ1n) is 6.04. The summed E-state index contributed by atoms with van der Waals surface area (Å²) in [6.45, 7) is 5.15. The fourth-order valence-electron chi connectivity index (χ4n) is 2.08. The molecule has 1 aromatic heterocycles. The third-order valence-electron chi connectivity index (χ3n) is 2.99. The van der Waals surface area contributed by atoms with Crippen molar-refractivity contribution in [1.82, 2.24) is 4.98 Å². The smallest absolute Gasteiger partial charge is 0.314 e. The van der Waals surface area contributed by atoms with Crippen LogP contribution in [0, 0.1) is 18.8 Å². The second kappa shape index (κ2) is 4.84. The second-order valence-corrected chi connectivity index (χ2v) is 4.84. The number of fused-ring (bicyclic) bond motifs is 1. The Balaban J connectivity index is 2.42. The third-order valence-corrected chi connectivity index (χ3v) is 2.99. The predicted molar refractivity (Wildman–Crippen MR) is 69.0 cm³/mol. The summed E-state index contributed by atoms with van der Waals surface area (Å²) in [5.41, 5.74) is 1.50. The summed E-state index contributed by atoms with van der Waals surface area (Å²) in [6.07, 6.45) is 0. The average Bonchev–Trinajstić information content (AvgIpc) is 2.66. The van der Waals surface area contributed by atoms with Gasteiger partial charge in [0.05, 0.1) is 0 Å². The first-order chi connectivity index (χ1) is 8.90. The number of benzene rings is 1. The van der Waals surface area contributed by atoms with E-state index in [1.165, 1.54) is 0 Å². The molecule has 0 radical (unpaired) electrons. The summed E-state index contributed by atoms with van der Waals surface area (Å²) in [5, 5.41) is 9.14. The van der Waals surface area contributed by atoms with Crippen molar-refractivity contribution in [2.45, 2.75) is 20.8 Å². The molecule has 0 aliphatic heterocycles. The predicted octanol–water partition coefficient (Wildman–Crippen LogP) is 2.68. The highest BCUT2D eigenvalue weighted by Crippen LogP contribution is 2.22. The van der Waals surface area contributed by atoms with Crippen molar-refractivity contribution < 1.29 is 19.1 Å². The molecule has 0 saturated carbocycles. The highest BCUT2D eigenvalue weighted by molar-refractivity contribution is 6.09. The molecule has 0 fully saturated rings. The number of oxazole rings is 1. The Morgan fingerprint density at radius 1 is 1.32 bits per heavy atom. The normalized spacial score (nSPS) is 12.8. The highest BCUT2D eigenvalue weighted by atomic mass is 16.4. The van der Waals surface area contributed by atoms with Crippen LogP contribution in [0.3, 0.4) is 0 Å². The standard InChI is InChI=1S/C14H15NO4/c1-7(2)12(14(17)18)13(16)9-4-5-11-10(6-9)15-8(3)19-11/h4-7,12H,1-3H3,(H,17,18). The third kappa shape index (κ3) is 2.50. The zero-order chi connectivity index (χ0) is 14.2. The molecule has 1 unspecified atom stereocenters. The van der Waals surface area contributed by atoms with Crippen LogP contribution in [-0.2, 0) is 4.79 Å². The van der Waals surface area contributed by atoms with E-state index >= 15 is 0 Å². The SMILES string of the molecule is Cc1nc2cc(C(=O)C(C(=O)O)C(C)C)ccc2o1. The van der Waals surface area contributed by atoms with Gasteiger partial charge in [0.2, 0.25) is 0 Å². The number of carboxylic acids is 1. The fourth-order valence-corrected chi connectivity index (χ4v) is 2.08. The minimum atomic E-state index is -1.10. The Bertz CT molecular complexity index is 642. The van der Waals surface area contributed by atoms with Crippen LogP contribution in [0.1, 0.15) is 30.1 Å². The number of nitrogens with zero attached hydrogens (tertiary/aromatic N) is 1. The molecule has 0 saturated heterocycles. The van der Waals surface area contributed by atoms with Gasteiger partial charge in [0.25, 0.3) is 0 Å². The van der Waals surface area contributed by atoms with Gasteiger partial charge in [-0.3, -0.25) is 9.59 Å². The minimum absolute atomic E-state index is 0.264. The number of Topliss-reactive ketones (excluding diaryl/α,β-unsaturated/α-hetero) is 1. The van der Waals surface area contributed by atoms with E-state index in [2.05, 4.69) is 4.98 Å². The lowest BCUT2D eigenvalue weighted by atomic mass is 9.88. The molecule has 1 heterocycles. The lowest BCUT2D eigenvalue weighted by Crippen LogP contribution is -2.28. The Morgan fingerprint density at radius 2 is 2.00 bits per heavy atom. The molecule has 1 aromatic carbocycles. The van der Waals surface area contributed by atoms with Crippen LogP contribution < -0.4 is 0 Å². The molecule has 0 aliphatic rings. The van der Waals surface area contributed by atoms with Crippen LogP contribution in [0.15, 0.2) is 22.6 Å². The van der Waals surface area contributed by atoms with Crippen LogP contribution in [0.25, 0.3) is 11.1 Å². The number of hydrogen-bond acceptors (Lipinski definition) is 4. The number of aryl methyl sites for hydroxylation is 1. The molecule has 0 bridgehead atoms. The first kappa shape index (κ1) is 13.3. The number of hydrogen-bond donors (Lipinski definition) is 1. The second-order valence-electron chi connectivity index (χ2n) is 4.84.